The van der Waals surface area contributed by atoms with Gasteiger partial charge in [-0.3, -0.25) is 9.79 Å². The molecule has 1 atom stereocenters. The maximum Gasteiger partial charge on any atom is 0.270 e. The van der Waals surface area contributed by atoms with Gasteiger partial charge in [0.25, 0.3) is 5.24 Å². The van der Waals surface area contributed by atoms with E-state index in [1.807, 2.05) is 6.08 Å². The Labute approximate surface area is 77.3 Å². The van der Waals surface area contributed by atoms with E-state index in [0.717, 1.165) is 19.3 Å². The van der Waals surface area contributed by atoms with Crippen LogP contribution in [0.1, 0.15) is 26.2 Å². The van der Waals surface area contributed by atoms with Crippen LogP contribution in [0.15, 0.2) is 16.8 Å². The Morgan fingerprint density at radius 2 is 2.58 bits per heavy atom. The summed E-state index contributed by atoms with van der Waals surface area (Å²) in [4.78, 5) is 14.6. The SMILES string of the molecule is CCCC1C=C(C(=O)Cl)N=CC1. The highest BCUT2D eigenvalue weighted by Gasteiger charge is 2.12. The van der Waals surface area contributed by atoms with Crippen LogP contribution >= 0.6 is 11.6 Å². The number of hydrogen-bond acceptors (Lipinski definition) is 2. The molecule has 0 aromatic heterocycles. The number of allylic oxidation sites excluding steroid dienone is 2. The van der Waals surface area contributed by atoms with Crippen molar-refractivity contribution in [1.29, 1.82) is 0 Å². The molecule has 66 valence electrons. The second kappa shape index (κ2) is 4.41. The fourth-order valence-electron chi connectivity index (χ4n) is 1.31. The first-order valence-corrected chi connectivity index (χ1v) is 4.56. The molecule has 0 saturated heterocycles. The predicted octanol–water partition coefficient (Wildman–Crippen LogP) is 2.53. The second-order valence-corrected chi connectivity index (χ2v) is 3.27. The Morgan fingerprint density at radius 1 is 1.83 bits per heavy atom. The van der Waals surface area contributed by atoms with Crippen LogP contribution < -0.4 is 0 Å². The van der Waals surface area contributed by atoms with Crippen LogP contribution in [0.25, 0.3) is 0 Å². The normalized spacial score (nSPS) is 22.2. The quantitative estimate of drug-likeness (QED) is 0.622. The van der Waals surface area contributed by atoms with E-state index >= 15 is 0 Å². The maximum atomic E-state index is 10.7. The molecule has 3 heteroatoms. The molecular weight excluding hydrogens is 174 g/mol. The Hall–Kier alpha value is -0.630. The Balaban J connectivity index is 2.62. The summed E-state index contributed by atoms with van der Waals surface area (Å²) in [6.45, 7) is 2.13. The standard InChI is InChI=1S/C9H12ClNO/c1-2-3-7-4-5-11-8(6-7)9(10)12/h5-7H,2-4H2,1H3. The molecule has 0 saturated carbocycles. The van der Waals surface area contributed by atoms with E-state index in [4.69, 9.17) is 11.6 Å². The van der Waals surface area contributed by atoms with E-state index in [0.29, 0.717) is 11.6 Å². The highest BCUT2D eigenvalue weighted by atomic mass is 35.5. The third kappa shape index (κ3) is 2.45. The summed E-state index contributed by atoms with van der Waals surface area (Å²) in [5.74, 6) is 0.449. The molecule has 2 nitrogen and oxygen atoms in total. The topological polar surface area (TPSA) is 29.4 Å². The average molecular weight is 186 g/mol. The monoisotopic (exact) mass is 185 g/mol. The van der Waals surface area contributed by atoms with Crippen LogP contribution in [-0.2, 0) is 4.79 Å². The smallest absolute Gasteiger partial charge is 0.270 e. The van der Waals surface area contributed by atoms with Gasteiger partial charge in [0.1, 0.15) is 5.70 Å². The van der Waals surface area contributed by atoms with E-state index in [2.05, 4.69) is 11.9 Å². The Bertz CT molecular complexity index is 233. The second-order valence-electron chi connectivity index (χ2n) is 2.92. The number of rotatable bonds is 3. The molecule has 0 bridgehead atoms. The Kier molecular flexibility index (Phi) is 3.48. The van der Waals surface area contributed by atoms with E-state index in [-0.39, 0.29) is 0 Å². The van der Waals surface area contributed by atoms with Crippen molar-refractivity contribution in [1.82, 2.24) is 0 Å². The number of hydrogen-bond donors (Lipinski definition) is 0. The van der Waals surface area contributed by atoms with Crippen LogP contribution in [0.3, 0.4) is 0 Å². The van der Waals surface area contributed by atoms with Crippen LogP contribution in [0.4, 0.5) is 0 Å². The fourth-order valence-corrected chi connectivity index (χ4v) is 1.42. The van der Waals surface area contributed by atoms with Gasteiger partial charge in [0.05, 0.1) is 0 Å². The van der Waals surface area contributed by atoms with E-state index in [9.17, 15) is 4.79 Å². The zero-order valence-electron chi connectivity index (χ0n) is 7.09. The van der Waals surface area contributed by atoms with Crippen LogP contribution in [0.2, 0.25) is 0 Å². The minimum Gasteiger partial charge on any atom is -0.274 e. The molecule has 0 aliphatic carbocycles. The molecule has 1 rings (SSSR count). The fraction of sp³-hybridized carbons (Fsp3) is 0.556. The molecule has 0 spiro atoms. The first-order chi connectivity index (χ1) is 5.74. The van der Waals surface area contributed by atoms with Gasteiger partial charge in [-0.2, -0.15) is 0 Å². The van der Waals surface area contributed by atoms with Crippen molar-refractivity contribution in [3.8, 4) is 0 Å². The number of carbonyl (C=O) groups is 1. The highest BCUT2D eigenvalue weighted by Crippen LogP contribution is 2.19. The number of carbonyl (C=O) groups excluding carboxylic acids is 1. The van der Waals surface area contributed by atoms with Crippen molar-refractivity contribution >= 4 is 23.1 Å². The molecule has 0 fully saturated rings. The first kappa shape index (κ1) is 9.46. The first-order valence-electron chi connectivity index (χ1n) is 4.18. The molecule has 12 heavy (non-hydrogen) atoms. The lowest BCUT2D eigenvalue weighted by Crippen LogP contribution is -2.06. The van der Waals surface area contributed by atoms with Gasteiger partial charge in [-0.25, -0.2) is 0 Å². The van der Waals surface area contributed by atoms with Crippen molar-refractivity contribution in [2.45, 2.75) is 26.2 Å². The minimum atomic E-state index is -0.452. The zero-order valence-corrected chi connectivity index (χ0v) is 7.84. The molecule has 1 aliphatic heterocycles. The van der Waals surface area contributed by atoms with Crippen molar-refractivity contribution < 1.29 is 4.79 Å². The van der Waals surface area contributed by atoms with Gasteiger partial charge in [-0.15, -0.1) is 0 Å². The van der Waals surface area contributed by atoms with Gasteiger partial charge in [0, 0.05) is 6.21 Å². The van der Waals surface area contributed by atoms with Crippen molar-refractivity contribution in [2.75, 3.05) is 0 Å². The molecule has 0 aromatic rings. The van der Waals surface area contributed by atoms with E-state index in [1.54, 1.807) is 6.21 Å². The number of aliphatic imine (C=N–C) groups is 1. The lowest BCUT2D eigenvalue weighted by molar-refractivity contribution is -0.108. The summed E-state index contributed by atoms with van der Waals surface area (Å²) >= 11 is 5.30. The summed E-state index contributed by atoms with van der Waals surface area (Å²) in [7, 11) is 0. The van der Waals surface area contributed by atoms with E-state index in [1.165, 1.54) is 0 Å². The molecule has 0 N–H and O–H groups in total. The van der Waals surface area contributed by atoms with Crippen molar-refractivity contribution in [3.63, 3.8) is 0 Å². The summed E-state index contributed by atoms with van der Waals surface area (Å²) in [6, 6.07) is 0. The largest absolute Gasteiger partial charge is 0.274 e. The van der Waals surface area contributed by atoms with E-state index < -0.39 is 5.24 Å². The van der Waals surface area contributed by atoms with Gasteiger partial charge in [-0.05, 0) is 30.4 Å². The van der Waals surface area contributed by atoms with Crippen LogP contribution in [0, 0.1) is 5.92 Å². The highest BCUT2D eigenvalue weighted by molar-refractivity contribution is 6.67. The third-order valence-electron chi connectivity index (χ3n) is 1.89. The molecule has 0 aromatic carbocycles. The molecular formula is C9H12ClNO. The summed E-state index contributed by atoms with van der Waals surface area (Å²) in [5, 5.41) is -0.452. The third-order valence-corrected chi connectivity index (χ3v) is 2.09. The maximum absolute atomic E-state index is 10.7. The van der Waals surface area contributed by atoms with Gasteiger partial charge in [0.15, 0.2) is 0 Å². The Morgan fingerprint density at radius 3 is 3.17 bits per heavy atom. The summed E-state index contributed by atoms with van der Waals surface area (Å²) < 4.78 is 0. The van der Waals surface area contributed by atoms with Gasteiger partial charge >= 0.3 is 0 Å². The summed E-state index contributed by atoms with van der Waals surface area (Å²) in [6.07, 6.45) is 6.80. The number of halogens is 1. The predicted molar refractivity (Wildman–Crippen MR) is 50.5 cm³/mol. The molecule has 1 aliphatic rings. The zero-order chi connectivity index (χ0) is 8.97. The van der Waals surface area contributed by atoms with Crippen LogP contribution in [0.5, 0.6) is 0 Å². The lowest BCUT2D eigenvalue weighted by atomic mass is 9.98. The average Bonchev–Trinajstić information content (AvgIpc) is 2.05. The lowest BCUT2D eigenvalue weighted by Gasteiger charge is -2.12. The van der Waals surface area contributed by atoms with Crippen molar-refractivity contribution in [3.05, 3.63) is 11.8 Å². The summed E-state index contributed by atoms with van der Waals surface area (Å²) in [5.41, 5.74) is 0.404. The molecule has 0 radical (unpaired) electrons. The number of nitrogens with zero attached hydrogens (tertiary/aromatic N) is 1. The van der Waals surface area contributed by atoms with Gasteiger partial charge < -0.3 is 0 Å². The van der Waals surface area contributed by atoms with Gasteiger partial charge in [-0.1, -0.05) is 19.4 Å². The molecule has 1 unspecified atom stereocenters. The molecule has 1 heterocycles. The van der Waals surface area contributed by atoms with Gasteiger partial charge in [0.2, 0.25) is 0 Å². The van der Waals surface area contributed by atoms with Crippen LogP contribution in [-0.4, -0.2) is 11.5 Å². The molecule has 0 amide bonds. The minimum absolute atomic E-state index is 0.404. The van der Waals surface area contributed by atoms with Crippen molar-refractivity contribution in [2.24, 2.45) is 10.9 Å².